The molecule has 0 amide bonds. The summed E-state index contributed by atoms with van der Waals surface area (Å²) in [5, 5.41) is 0.825. The summed E-state index contributed by atoms with van der Waals surface area (Å²) in [6.45, 7) is 5.11. The van der Waals surface area contributed by atoms with Gasteiger partial charge < -0.3 is 19.0 Å². The lowest BCUT2D eigenvalue weighted by Crippen LogP contribution is -2.42. The summed E-state index contributed by atoms with van der Waals surface area (Å²) in [5.74, 6) is -0.303. The van der Waals surface area contributed by atoms with E-state index in [9.17, 15) is 4.79 Å². The van der Waals surface area contributed by atoms with Crippen molar-refractivity contribution in [2.24, 2.45) is 0 Å². The number of ether oxygens (including phenoxy) is 1. The van der Waals surface area contributed by atoms with Gasteiger partial charge >= 0.3 is 5.97 Å². The number of hydrogen-bond donors (Lipinski definition) is 0. The van der Waals surface area contributed by atoms with Crippen LogP contribution in [0.5, 0.6) is 0 Å². The second kappa shape index (κ2) is 7.70. The average molecular weight is 358 g/mol. The summed E-state index contributed by atoms with van der Waals surface area (Å²) in [6.07, 6.45) is 6.39. The zero-order chi connectivity index (χ0) is 18.8. The van der Waals surface area contributed by atoms with Crippen molar-refractivity contribution in [3.8, 4) is 0 Å². The molecule has 3 rings (SSSR count). The standard InChI is InChI=1S/C21H30N2O3/c1-6-23(16-9-7-15(8-10-16)22(3)4)18-13-19-17(11-12-26-19)20(14(18)2)21(24)25-5/h11-13,15-16H,6-10H2,1-5H3/t15-,16-. The van der Waals surface area contributed by atoms with E-state index in [2.05, 4.69) is 36.9 Å². The SMILES string of the molecule is CCN(c1cc2occc2c(C(=O)OC)c1C)[C@H]1CC[C@H](N(C)C)CC1. The van der Waals surface area contributed by atoms with E-state index in [1.807, 2.05) is 13.0 Å². The van der Waals surface area contributed by atoms with Crippen LogP contribution in [0, 0.1) is 6.92 Å². The Morgan fingerprint density at radius 1 is 1.23 bits per heavy atom. The highest BCUT2D eigenvalue weighted by atomic mass is 16.5. The fourth-order valence-corrected chi connectivity index (χ4v) is 4.38. The summed E-state index contributed by atoms with van der Waals surface area (Å²) >= 11 is 0. The van der Waals surface area contributed by atoms with E-state index < -0.39 is 0 Å². The molecule has 1 aromatic carbocycles. The molecule has 1 aliphatic rings. The van der Waals surface area contributed by atoms with E-state index in [0.717, 1.165) is 28.8 Å². The van der Waals surface area contributed by atoms with Crippen LogP contribution in [0.2, 0.25) is 0 Å². The number of benzene rings is 1. The van der Waals surface area contributed by atoms with Crippen molar-refractivity contribution in [2.45, 2.75) is 51.6 Å². The van der Waals surface area contributed by atoms with Crippen molar-refractivity contribution in [1.82, 2.24) is 4.90 Å². The lowest BCUT2D eigenvalue weighted by Gasteiger charge is -2.40. The van der Waals surface area contributed by atoms with E-state index >= 15 is 0 Å². The molecule has 5 heteroatoms. The fraction of sp³-hybridized carbons (Fsp3) is 0.571. The van der Waals surface area contributed by atoms with Gasteiger partial charge in [-0.2, -0.15) is 0 Å². The van der Waals surface area contributed by atoms with Gasteiger partial charge in [0.15, 0.2) is 0 Å². The summed E-state index contributed by atoms with van der Waals surface area (Å²) < 4.78 is 10.7. The van der Waals surface area contributed by atoms with Gasteiger partial charge in [-0.25, -0.2) is 4.79 Å². The lowest BCUT2D eigenvalue weighted by atomic mass is 9.88. The molecule has 0 saturated heterocycles. The van der Waals surface area contributed by atoms with E-state index in [0.29, 0.717) is 17.6 Å². The summed E-state index contributed by atoms with van der Waals surface area (Å²) in [4.78, 5) is 17.2. The minimum atomic E-state index is -0.303. The Bertz CT molecular complexity index is 773. The molecule has 1 saturated carbocycles. The van der Waals surface area contributed by atoms with E-state index in [1.165, 1.54) is 32.8 Å². The molecule has 0 radical (unpaired) electrons. The number of hydrogen-bond acceptors (Lipinski definition) is 5. The first-order chi connectivity index (χ1) is 12.5. The highest BCUT2D eigenvalue weighted by Gasteiger charge is 2.29. The summed E-state index contributed by atoms with van der Waals surface area (Å²) in [7, 11) is 5.76. The molecule has 1 aromatic heterocycles. The highest BCUT2D eigenvalue weighted by molar-refractivity contribution is 6.06. The Balaban J connectivity index is 1.97. The number of rotatable bonds is 5. The van der Waals surface area contributed by atoms with Crippen molar-refractivity contribution < 1.29 is 13.9 Å². The Labute approximate surface area is 155 Å². The third-order valence-electron chi connectivity index (χ3n) is 5.87. The van der Waals surface area contributed by atoms with Crippen molar-refractivity contribution in [2.75, 3.05) is 32.6 Å². The third kappa shape index (κ3) is 3.32. The van der Waals surface area contributed by atoms with Crippen LogP contribution in [0.1, 0.15) is 48.5 Å². The smallest absolute Gasteiger partial charge is 0.338 e. The van der Waals surface area contributed by atoms with E-state index in [1.54, 1.807) is 6.26 Å². The number of fused-ring (bicyclic) bond motifs is 1. The molecule has 26 heavy (non-hydrogen) atoms. The molecule has 1 aliphatic carbocycles. The van der Waals surface area contributed by atoms with Crippen molar-refractivity contribution >= 4 is 22.6 Å². The number of carbonyl (C=O) groups excluding carboxylic acids is 1. The van der Waals surface area contributed by atoms with Crippen molar-refractivity contribution in [1.29, 1.82) is 0 Å². The fourth-order valence-electron chi connectivity index (χ4n) is 4.38. The summed E-state index contributed by atoms with van der Waals surface area (Å²) in [5.41, 5.74) is 3.42. The van der Waals surface area contributed by atoms with Gasteiger partial charge in [0.1, 0.15) is 5.58 Å². The first kappa shape index (κ1) is 18.8. The zero-order valence-corrected chi connectivity index (χ0v) is 16.5. The van der Waals surface area contributed by atoms with Crippen molar-refractivity contribution in [3.63, 3.8) is 0 Å². The molecule has 1 heterocycles. The average Bonchev–Trinajstić information content (AvgIpc) is 3.10. The van der Waals surface area contributed by atoms with Gasteiger partial charge in [-0.15, -0.1) is 0 Å². The number of nitrogens with zero attached hydrogens (tertiary/aromatic N) is 2. The van der Waals surface area contributed by atoms with E-state index in [-0.39, 0.29) is 5.97 Å². The molecule has 0 bridgehead atoms. The van der Waals surface area contributed by atoms with Gasteiger partial charge in [-0.05, 0) is 65.3 Å². The lowest BCUT2D eigenvalue weighted by molar-refractivity contribution is 0.0602. The third-order valence-corrected chi connectivity index (χ3v) is 5.87. The highest BCUT2D eigenvalue weighted by Crippen LogP contribution is 2.36. The number of carbonyl (C=O) groups is 1. The Hall–Kier alpha value is -2.01. The Kier molecular flexibility index (Phi) is 5.56. The maximum atomic E-state index is 12.4. The van der Waals surface area contributed by atoms with Crippen LogP contribution in [0.4, 0.5) is 5.69 Å². The van der Waals surface area contributed by atoms with Crippen LogP contribution in [-0.4, -0.2) is 50.7 Å². The van der Waals surface area contributed by atoms with Gasteiger partial charge in [0.25, 0.3) is 0 Å². The normalized spacial score (nSPS) is 20.5. The second-order valence-electron chi connectivity index (χ2n) is 7.43. The molecule has 0 unspecified atom stereocenters. The van der Waals surface area contributed by atoms with Crippen molar-refractivity contribution in [3.05, 3.63) is 29.5 Å². The van der Waals surface area contributed by atoms with Gasteiger partial charge in [-0.3, -0.25) is 0 Å². The van der Waals surface area contributed by atoms with Crippen LogP contribution >= 0.6 is 0 Å². The Morgan fingerprint density at radius 2 is 1.88 bits per heavy atom. The molecular weight excluding hydrogens is 328 g/mol. The predicted molar refractivity (Wildman–Crippen MR) is 105 cm³/mol. The topological polar surface area (TPSA) is 45.9 Å². The van der Waals surface area contributed by atoms with Crippen LogP contribution in [0.15, 0.2) is 22.8 Å². The minimum absolute atomic E-state index is 0.303. The number of esters is 1. The largest absolute Gasteiger partial charge is 0.465 e. The molecule has 142 valence electrons. The quantitative estimate of drug-likeness (QED) is 0.749. The molecule has 0 atom stereocenters. The first-order valence-corrected chi connectivity index (χ1v) is 9.50. The van der Waals surface area contributed by atoms with Crippen LogP contribution in [0.3, 0.4) is 0 Å². The number of methoxy groups -OCH3 is 1. The summed E-state index contributed by atoms with van der Waals surface area (Å²) in [6, 6.07) is 5.09. The number of furan rings is 1. The van der Waals surface area contributed by atoms with Crippen LogP contribution < -0.4 is 4.90 Å². The molecule has 1 fully saturated rings. The number of anilines is 1. The predicted octanol–water partition coefficient (Wildman–Crippen LogP) is 4.23. The second-order valence-corrected chi connectivity index (χ2v) is 7.43. The van der Waals surface area contributed by atoms with Crippen LogP contribution in [0.25, 0.3) is 11.0 Å². The van der Waals surface area contributed by atoms with Crippen LogP contribution in [-0.2, 0) is 4.74 Å². The van der Waals surface area contributed by atoms with Gasteiger partial charge in [0.05, 0.1) is 18.9 Å². The monoisotopic (exact) mass is 358 g/mol. The molecule has 0 N–H and O–H groups in total. The molecule has 2 aromatic rings. The first-order valence-electron chi connectivity index (χ1n) is 9.50. The van der Waals surface area contributed by atoms with Gasteiger partial charge in [0.2, 0.25) is 0 Å². The minimum Gasteiger partial charge on any atom is -0.465 e. The maximum absolute atomic E-state index is 12.4. The molecule has 5 nitrogen and oxygen atoms in total. The maximum Gasteiger partial charge on any atom is 0.338 e. The Morgan fingerprint density at radius 3 is 2.46 bits per heavy atom. The van der Waals surface area contributed by atoms with Gasteiger partial charge in [0, 0.05) is 35.8 Å². The van der Waals surface area contributed by atoms with E-state index in [4.69, 9.17) is 9.15 Å². The molecular formula is C21H30N2O3. The zero-order valence-electron chi connectivity index (χ0n) is 16.5. The van der Waals surface area contributed by atoms with Gasteiger partial charge in [-0.1, -0.05) is 0 Å². The molecule has 0 aliphatic heterocycles. The molecule has 0 spiro atoms.